The molecular formula is C17H15N3. The van der Waals surface area contributed by atoms with E-state index < -0.39 is 0 Å². The van der Waals surface area contributed by atoms with Gasteiger partial charge in [0.25, 0.3) is 0 Å². The van der Waals surface area contributed by atoms with Gasteiger partial charge in [0.05, 0.1) is 0 Å². The van der Waals surface area contributed by atoms with Gasteiger partial charge in [-0.05, 0) is 6.08 Å². The van der Waals surface area contributed by atoms with Gasteiger partial charge in [0.15, 0.2) is 11.6 Å². The van der Waals surface area contributed by atoms with Gasteiger partial charge >= 0.3 is 0 Å². The van der Waals surface area contributed by atoms with Crippen molar-refractivity contribution in [3.05, 3.63) is 85.5 Å². The molecule has 0 aliphatic carbocycles. The van der Waals surface area contributed by atoms with Gasteiger partial charge in [0.1, 0.15) is 6.33 Å². The lowest BCUT2D eigenvalue weighted by molar-refractivity contribution is 1.04. The van der Waals surface area contributed by atoms with E-state index in [2.05, 4.69) is 21.5 Å². The van der Waals surface area contributed by atoms with E-state index >= 15 is 0 Å². The summed E-state index contributed by atoms with van der Waals surface area (Å²) in [5.74, 6) is 1.27. The highest BCUT2D eigenvalue weighted by atomic mass is 15.0. The molecule has 3 rings (SSSR count). The van der Waals surface area contributed by atoms with Crippen LogP contribution in [0, 0.1) is 0 Å². The van der Waals surface area contributed by atoms with Crippen molar-refractivity contribution in [1.29, 1.82) is 0 Å². The van der Waals surface area contributed by atoms with Crippen molar-refractivity contribution in [2.24, 2.45) is 0 Å². The molecule has 1 aromatic heterocycles. The summed E-state index contributed by atoms with van der Waals surface area (Å²) in [5.41, 5.74) is 0.984. The quantitative estimate of drug-likeness (QED) is 0.703. The molecule has 20 heavy (non-hydrogen) atoms. The van der Waals surface area contributed by atoms with Crippen LogP contribution in [0.25, 0.3) is 17.5 Å². The average Bonchev–Trinajstić information content (AvgIpc) is 2.58. The van der Waals surface area contributed by atoms with Gasteiger partial charge in [-0.3, -0.25) is 0 Å². The molecule has 3 nitrogen and oxygen atoms in total. The molecule has 0 N–H and O–H groups in total. The largest absolute Gasteiger partial charge is 0.217 e. The standard InChI is InChI=1S/C11H9N3.C6H6/c1-2-10-12-8-13-11(14-10)9-6-4-3-5-7-9;1-2-4-6-5-3-1/h2-8H,1H2;1-6H. The molecule has 0 radical (unpaired) electrons. The number of hydrogen-bond donors (Lipinski definition) is 0. The van der Waals surface area contributed by atoms with Gasteiger partial charge in [-0.15, -0.1) is 0 Å². The van der Waals surface area contributed by atoms with E-state index in [1.807, 2.05) is 66.7 Å². The molecule has 0 saturated carbocycles. The Morgan fingerprint density at radius 2 is 1.30 bits per heavy atom. The lowest BCUT2D eigenvalue weighted by atomic mass is 10.2. The second-order valence-corrected chi connectivity index (χ2v) is 3.89. The summed E-state index contributed by atoms with van der Waals surface area (Å²) in [6.07, 6.45) is 3.10. The van der Waals surface area contributed by atoms with Crippen LogP contribution in [0.2, 0.25) is 0 Å². The Bertz CT molecular complexity index is 610. The predicted octanol–water partition coefficient (Wildman–Crippen LogP) is 3.87. The minimum atomic E-state index is 0.596. The van der Waals surface area contributed by atoms with Crippen molar-refractivity contribution in [1.82, 2.24) is 15.0 Å². The van der Waals surface area contributed by atoms with Gasteiger partial charge in [0.2, 0.25) is 0 Å². The molecule has 0 aliphatic heterocycles. The Morgan fingerprint density at radius 3 is 1.85 bits per heavy atom. The molecule has 0 unspecified atom stereocenters. The van der Waals surface area contributed by atoms with Crippen molar-refractivity contribution in [2.45, 2.75) is 0 Å². The highest BCUT2D eigenvalue weighted by molar-refractivity contribution is 5.55. The highest BCUT2D eigenvalue weighted by Gasteiger charge is 1.99. The van der Waals surface area contributed by atoms with Crippen molar-refractivity contribution in [3.63, 3.8) is 0 Å². The summed E-state index contributed by atoms with van der Waals surface area (Å²) in [4.78, 5) is 12.3. The number of rotatable bonds is 2. The molecule has 3 aromatic rings. The molecule has 0 aliphatic rings. The third kappa shape index (κ3) is 4.14. The molecule has 0 atom stereocenters. The smallest absolute Gasteiger partial charge is 0.163 e. The summed E-state index contributed by atoms with van der Waals surface area (Å²) in [6.45, 7) is 3.61. The zero-order valence-electron chi connectivity index (χ0n) is 11.1. The van der Waals surface area contributed by atoms with Crippen LogP contribution in [0.5, 0.6) is 0 Å². The molecule has 0 saturated heterocycles. The summed E-state index contributed by atoms with van der Waals surface area (Å²) >= 11 is 0. The number of benzene rings is 2. The van der Waals surface area contributed by atoms with E-state index in [1.54, 1.807) is 6.08 Å². The average molecular weight is 261 g/mol. The number of nitrogens with zero attached hydrogens (tertiary/aromatic N) is 3. The van der Waals surface area contributed by atoms with Crippen molar-refractivity contribution >= 4 is 6.08 Å². The SMILES string of the molecule is C=Cc1ncnc(-c2ccccc2)n1.c1ccccc1. The van der Waals surface area contributed by atoms with E-state index in [1.165, 1.54) is 6.33 Å². The monoisotopic (exact) mass is 261 g/mol. The second kappa shape index (κ2) is 7.59. The van der Waals surface area contributed by atoms with Crippen molar-refractivity contribution in [2.75, 3.05) is 0 Å². The molecule has 0 fully saturated rings. The fraction of sp³-hybridized carbons (Fsp3) is 0. The molecule has 1 heterocycles. The normalized spacial score (nSPS) is 9.20. The summed E-state index contributed by atoms with van der Waals surface area (Å²) in [7, 11) is 0. The maximum atomic E-state index is 4.22. The molecule has 2 aromatic carbocycles. The zero-order valence-corrected chi connectivity index (χ0v) is 11.1. The van der Waals surface area contributed by atoms with Gasteiger partial charge in [-0.2, -0.15) is 0 Å². The number of aromatic nitrogens is 3. The molecule has 98 valence electrons. The summed E-state index contributed by atoms with van der Waals surface area (Å²) in [6, 6.07) is 21.8. The molecule has 0 bridgehead atoms. The third-order valence-electron chi connectivity index (χ3n) is 2.47. The predicted molar refractivity (Wildman–Crippen MR) is 81.8 cm³/mol. The van der Waals surface area contributed by atoms with Crippen LogP contribution in [0.4, 0.5) is 0 Å². The Kier molecular flexibility index (Phi) is 5.17. The first-order chi connectivity index (χ1) is 9.90. The zero-order chi connectivity index (χ0) is 14.0. The first kappa shape index (κ1) is 13.6. The van der Waals surface area contributed by atoms with Crippen LogP contribution in [-0.4, -0.2) is 15.0 Å². The Balaban J connectivity index is 0.000000205. The van der Waals surface area contributed by atoms with Crippen LogP contribution in [0.15, 0.2) is 79.6 Å². The highest BCUT2D eigenvalue weighted by Crippen LogP contribution is 2.12. The van der Waals surface area contributed by atoms with E-state index in [-0.39, 0.29) is 0 Å². The summed E-state index contributed by atoms with van der Waals surface area (Å²) in [5, 5.41) is 0. The topological polar surface area (TPSA) is 38.7 Å². The van der Waals surface area contributed by atoms with E-state index in [9.17, 15) is 0 Å². The lowest BCUT2D eigenvalue weighted by Gasteiger charge is -1.98. The fourth-order valence-electron chi connectivity index (χ4n) is 1.52. The van der Waals surface area contributed by atoms with Gasteiger partial charge in [0, 0.05) is 5.56 Å². The Labute approximate surface area is 118 Å². The molecule has 0 amide bonds. The Morgan fingerprint density at radius 1 is 0.750 bits per heavy atom. The van der Waals surface area contributed by atoms with Crippen LogP contribution in [-0.2, 0) is 0 Å². The maximum Gasteiger partial charge on any atom is 0.163 e. The first-order valence-corrected chi connectivity index (χ1v) is 6.27. The maximum absolute atomic E-state index is 4.22. The fourth-order valence-corrected chi connectivity index (χ4v) is 1.52. The van der Waals surface area contributed by atoms with Crippen LogP contribution >= 0.6 is 0 Å². The first-order valence-electron chi connectivity index (χ1n) is 6.27. The molecular weight excluding hydrogens is 246 g/mol. The van der Waals surface area contributed by atoms with Crippen molar-refractivity contribution < 1.29 is 0 Å². The second-order valence-electron chi connectivity index (χ2n) is 3.89. The van der Waals surface area contributed by atoms with Crippen molar-refractivity contribution in [3.8, 4) is 11.4 Å². The molecule has 0 spiro atoms. The molecule has 3 heteroatoms. The van der Waals surface area contributed by atoms with Gasteiger partial charge < -0.3 is 0 Å². The van der Waals surface area contributed by atoms with Gasteiger partial charge in [-0.25, -0.2) is 15.0 Å². The lowest BCUT2D eigenvalue weighted by Crippen LogP contribution is -1.93. The van der Waals surface area contributed by atoms with E-state index in [0.29, 0.717) is 11.6 Å². The number of hydrogen-bond acceptors (Lipinski definition) is 3. The minimum absolute atomic E-state index is 0.596. The van der Waals surface area contributed by atoms with Crippen LogP contribution in [0.1, 0.15) is 5.82 Å². The third-order valence-corrected chi connectivity index (χ3v) is 2.47. The Hall–Kier alpha value is -2.81. The minimum Gasteiger partial charge on any atom is -0.217 e. The van der Waals surface area contributed by atoms with E-state index in [0.717, 1.165) is 5.56 Å². The van der Waals surface area contributed by atoms with Crippen LogP contribution in [0.3, 0.4) is 0 Å². The van der Waals surface area contributed by atoms with Crippen LogP contribution < -0.4 is 0 Å². The van der Waals surface area contributed by atoms with E-state index in [4.69, 9.17) is 0 Å². The summed E-state index contributed by atoms with van der Waals surface area (Å²) < 4.78 is 0. The van der Waals surface area contributed by atoms with Gasteiger partial charge in [-0.1, -0.05) is 73.3 Å².